The van der Waals surface area contributed by atoms with Crippen LogP contribution in [-0.4, -0.2) is 36.9 Å². The fourth-order valence-corrected chi connectivity index (χ4v) is 1.71. The zero-order valence-electron chi connectivity index (χ0n) is 11.4. The fraction of sp³-hybridized carbons (Fsp3) is 0.167. The number of nitrogens with zero attached hydrogens (tertiary/aromatic N) is 4. The molecule has 22 heavy (non-hydrogen) atoms. The Hall–Kier alpha value is -3.30. The Balaban J connectivity index is 2.04. The molecule has 10 nitrogen and oxygen atoms in total. The Morgan fingerprint density at radius 3 is 2.50 bits per heavy atom. The lowest BCUT2D eigenvalue weighted by Crippen LogP contribution is -2.20. The molecule has 0 unspecified atom stereocenters. The highest BCUT2D eigenvalue weighted by Crippen LogP contribution is 2.15. The molecule has 1 amide bonds. The largest absolute Gasteiger partial charge is 0.476 e. The number of amides is 1. The molecular weight excluding hydrogens is 294 g/mol. The lowest BCUT2D eigenvalue weighted by Gasteiger charge is -2.06. The van der Waals surface area contributed by atoms with Gasteiger partial charge >= 0.3 is 5.97 Å². The van der Waals surface area contributed by atoms with Crippen molar-refractivity contribution >= 4 is 23.3 Å². The standard InChI is InChI=1S/C12H11N5O5/c1-7-11(12(19)20)14-15-16(7)6-10(18)13-8-2-4-9(5-3-8)17(21)22/h2-5H,6H2,1H3,(H,13,18)(H,19,20). The number of rotatable bonds is 5. The summed E-state index contributed by atoms with van der Waals surface area (Å²) >= 11 is 0. The second-order valence-corrected chi connectivity index (χ2v) is 4.34. The number of carbonyl (C=O) groups is 2. The minimum atomic E-state index is -1.22. The Morgan fingerprint density at radius 1 is 1.36 bits per heavy atom. The molecule has 0 fully saturated rings. The van der Waals surface area contributed by atoms with Gasteiger partial charge in [0.1, 0.15) is 6.54 Å². The molecule has 2 N–H and O–H groups in total. The van der Waals surface area contributed by atoms with Crippen LogP contribution in [0.5, 0.6) is 0 Å². The van der Waals surface area contributed by atoms with Gasteiger partial charge in [-0.15, -0.1) is 5.10 Å². The SMILES string of the molecule is Cc1c(C(=O)O)nnn1CC(=O)Nc1ccc([N+](=O)[O-])cc1. The normalized spacial score (nSPS) is 10.2. The van der Waals surface area contributed by atoms with E-state index in [0.717, 1.165) is 4.68 Å². The average Bonchev–Trinajstić information content (AvgIpc) is 2.80. The number of nitrogens with one attached hydrogen (secondary N) is 1. The number of carboxylic acid groups (broad SMARTS) is 1. The van der Waals surface area contributed by atoms with Crippen LogP contribution in [0.1, 0.15) is 16.2 Å². The van der Waals surface area contributed by atoms with Gasteiger partial charge in [0.15, 0.2) is 5.69 Å². The molecule has 0 aliphatic carbocycles. The number of carbonyl (C=O) groups excluding carboxylic acids is 1. The van der Waals surface area contributed by atoms with Crippen molar-refractivity contribution in [1.82, 2.24) is 15.0 Å². The van der Waals surface area contributed by atoms with Gasteiger partial charge in [-0.25, -0.2) is 9.48 Å². The summed E-state index contributed by atoms with van der Waals surface area (Å²) in [6.45, 7) is 1.27. The highest BCUT2D eigenvalue weighted by molar-refractivity contribution is 5.91. The van der Waals surface area contributed by atoms with Crippen LogP contribution in [0.15, 0.2) is 24.3 Å². The van der Waals surface area contributed by atoms with E-state index in [1.807, 2.05) is 0 Å². The van der Waals surface area contributed by atoms with E-state index in [9.17, 15) is 19.7 Å². The number of benzene rings is 1. The number of nitro benzene ring substituents is 1. The third-order valence-corrected chi connectivity index (χ3v) is 2.84. The molecule has 2 rings (SSSR count). The van der Waals surface area contributed by atoms with Crippen molar-refractivity contribution in [3.8, 4) is 0 Å². The zero-order chi connectivity index (χ0) is 16.3. The lowest BCUT2D eigenvalue weighted by atomic mass is 10.3. The molecule has 0 spiro atoms. The Morgan fingerprint density at radius 2 is 2.00 bits per heavy atom. The molecule has 114 valence electrons. The van der Waals surface area contributed by atoms with E-state index in [1.165, 1.54) is 31.2 Å². The van der Waals surface area contributed by atoms with Crippen molar-refractivity contribution in [3.05, 3.63) is 45.8 Å². The molecule has 1 aromatic heterocycles. The average molecular weight is 305 g/mol. The molecule has 10 heteroatoms. The first-order chi connectivity index (χ1) is 10.4. The highest BCUT2D eigenvalue weighted by atomic mass is 16.6. The van der Waals surface area contributed by atoms with E-state index < -0.39 is 16.8 Å². The van der Waals surface area contributed by atoms with Crippen LogP contribution in [0.3, 0.4) is 0 Å². The molecule has 0 aliphatic rings. The number of hydrogen-bond donors (Lipinski definition) is 2. The monoisotopic (exact) mass is 305 g/mol. The van der Waals surface area contributed by atoms with Crippen molar-refractivity contribution in [2.75, 3.05) is 5.32 Å². The van der Waals surface area contributed by atoms with Crippen molar-refractivity contribution < 1.29 is 19.6 Å². The molecule has 1 heterocycles. The third kappa shape index (κ3) is 3.23. The van der Waals surface area contributed by atoms with E-state index >= 15 is 0 Å². The molecule has 2 aromatic rings. The second kappa shape index (κ2) is 5.99. The van der Waals surface area contributed by atoms with Crippen LogP contribution in [0.25, 0.3) is 0 Å². The summed E-state index contributed by atoms with van der Waals surface area (Å²) < 4.78 is 1.16. The quantitative estimate of drug-likeness (QED) is 0.615. The Labute approximate surface area is 123 Å². The summed E-state index contributed by atoms with van der Waals surface area (Å²) in [5.74, 6) is -1.68. The minimum Gasteiger partial charge on any atom is -0.476 e. The number of carboxylic acids is 1. The fourth-order valence-electron chi connectivity index (χ4n) is 1.71. The van der Waals surface area contributed by atoms with Crippen molar-refractivity contribution in [2.45, 2.75) is 13.5 Å². The Kier molecular flexibility index (Phi) is 4.11. The first-order valence-electron chi connectivity index (χ1n) is 6.06. The zero-order valence-corrected chi connectivity index (χ0v) is 11.4. The second-order valence-electron chi connectivity index (χ2n) is 4.34. The topological polar surface area (TPSA) is 140 Å². The van der Waals surface area contributed by atoms with Gasteiger partial charge in [-0.2, -0.15) is 0 Å². The Bertz CT molecular complexity index is 737. The van der Waals surface area contributed by atoms with Gasteiger partial charge < -0.3 is 10.4 Å². The van der Waals surface area contributed by atoms with E-state index in [2.05, 4.69) is 15.6 Å². The van der Waals surface area contributed by atoms with Gasteiger partial charge in [0.25, 0.3) is 5.69 Å². The summed E-state index contributed by atoms with van der Waals surface area (Å²) in [6.07, 6.45) is 0. The molecule has 0 aliphatic heterocycles. The molecule has 1 aromatic carbocycles. The first-order valence-corrected chi connectivity index (χ1v) is 6.06. The van der Waals surface area contributed by atoms with Crippen LogP contribution in [0.4, 0.5) is 11.4 Å². The number of aromatic nitrogens is 3. The summed E-state index contributed by atoms with van der Waals surface area (Å²) in [4.78, 5) is 32.7. The summed E-state index contributed by atoms with van der Waals surface area (Å²) in [5.41, 5.74) is 0.331. The maximum Gasteiger partial charge on any atom is 0.358 e. The predicted molar refractivity (Wildman–Crippen MR) is 73.4 cm³/mol. The van der Waals surface area contributed by atoms with Crippen LogP contribution in [0.2, 0.25) is 0 Å². The number of nitro groups is 1. The maximum absolute atomic E-state index is 11.9. The number of anilines is 1. The molecule has 0 atom stereocenters. The molecule has 0 radical (unpaired) electrons. The van der Waals surface area contributed by atoms with Gasteiger partial charge in [-0.1, -0.05) is 5.21 Å². The minimum absolute atomic E-state index is 0.0868. The van der Waals surface area contributed by atoms with E-state index in [1.54, 1.807) is 0 Å². The molecule has 0 saturated heterocycles. The summed E-state index contributed by atoms with van der Waals surface area (Å²) in [7, 11) is 0. The number of non-ortho nitro benzene ring substituents is 1. The van der Waals surface area contributed by atoms with Crippen molar-refractivity contribution in [2.24, 2.45) is 0 Å². The summed E-state index contributed by atoms with van der Waals surface area (Å²) in [5, 5.41) is 29.0. The van der Waals surface area contributed by atoms with Crippen LogP contribution in [-0.2, 0) is 11.3 Å². The van der Waals surface area contributed by atoms with Crippen LogP contribution >= 0.6 is 0 Å². The van der Waals surface area contributed by atoms with Crippen molar-refractivity contribution in [1.29, 1.82) is 0 Å². The van der Waals surface area contributed by atoms with E-state index in [4.69, 9.17) is 5.11 Å². The lowest BCUT2D eigenvalue weighted by molar-refractivity contribution is -0.384. The first kappa shape index (κ1) is 15.1. The number of aromatic carboxylic acids is 1. The summed E-state index contributed by atoms with van der Waals surface area (Å²) in [6, 6.07) is 5.32. The van der Waals surface area contributed by atoms with Crippen molar-refractivity contribution in [3.63, 3.8) is 0 Å². The molecule has 0 saturated carbocycles. The maximum atomic E-state index is 11.9. The number of hydrogen-bond acceptors (Lipinski definition) is 6. The van der Waals surface area contributed by atoms with Crippen LogP contribution in [0, 0.1) is 17.0 Å². The highest BCUT2D eigenvalue weighted by Gasteiger charge is 2.16. The van der Waals surface area contributed by atoms with Crippen LogP contribution < -0.4 is 5.32 Å². The third-order valence-electron chi connectivity index (χ3n) is 2.84. The van der Waals surface area contributed by atoms with Gasteiger partial charge in [0.2, 0.25) is 5.91 Å². The van der Waals surface area contributed by atoms with Gasteiger partial charge in [-0.05, 0) is 19.1 Å². The van der Waals surface area contributed by atoms with E-state index in [-0.39, 0.29) is 23.6 Å². The smallest absolute Gasteiger partial charge is 0.358 e. The van der Waals surface area contributed by atoms with Gasteiger partial charge in [0.05, 0.1) is 10.6 Å². The molecule has 0 bridgehead atoms. The predicted octanol–water partition coefficient (Wildman–Crippen LogP) is 0.832. The van der Waals surface area contributed by atoms with Gasteiger partial charge in [-0.3, -0.25) is 14.9 Å². The molecular formula is C12H11N5O5. The van der Waals surface area contributed by atoms with E-state index in [0.29, 0.717) is 5.69 Å². The van der Waals surface area contributed by atoms with Gasteiger partial charge in [0, 0.05) is 17.8 Å².